The van der Waals surface area contributed by atoms with Gasteiger partial charge < -0.3 is 9.64 Å². The van der Waals surface area contributed by atoms with Gasteiger partial charge in [0.05, 0.1) is 0 Å². The Hall–Kier alpha value is -1.17. The third-order valence-corrected chi connectivity index (χ3v) is 3.19. The second-order valence-electron chi connectivity index (χ2n) is 3.66. The Labute approximate surface area is 99.6 Å². The van der Waals surface area contributed by atoms with Crippen LogP contribution in [0.1, 0.15) is 26.1 Å². The van der Waals surface area contributed by atoms with Crippen molar-refractivity contribution in [1.29, 1.82) is 0 Å². The van der Waals surface area contributed by atoms with E-state index in [4.69, 9.17) is 4.74 Å². The van der Waals surface area contributed by atoms with Gasteiger partial charge >= 0.3 is 0 Å². The number of hydrogen-bond acceptors (Lipinski definition) is 5. The number of amides is 1. The summed E-state index contributed by atoms with van der Waals surface area (Å²) in [6.07, 6.45) is 0.931. The minimum atomic E-state index is -0.0396. The third-order valence-electron chi connectivity index (χ3n) is 2.47. The molecule has 0 aliphatic rings. The lowest BCUT2D eigenvalue weighted by Crippen LogP contribution is -2.37. The molecule has 0 saturated heterocycles. The summed E-state index contributed by atoms with van der Waals surface area (Å²) in [5.74, 6) is 0.630. The summed E-state index contributed by atoms with van der Waals surface area (Å²) in [6, 6.07) is 0.229. The molecule has 1 aromatic heterocycles. The van der Waals surface area contributed by atoms with E-state index < -0.39 is 0 Å². The Balaban J connectivity index is 2.40. The molecule has 1 heterocycles. The van der Waals surface area contributed by atoms with Crippen LogP contribution in [0.3, 0.4) is 0 Å². The average molecular weight is 243 g/mol. The Morgan fingerprint density at radius 2 is 2.31 bits per heavy atom. The molecule has 0 aliphatic heterocycles. The largest absolute Gasteiger partial charge is 0.459 e. The van der Waals surface area contributed by atoms with Gasteiger partial charge in [0.15, 0.2) is 6.61 Å². The summed E-state index contributed by atoms with van der Waals surface area (Å²) in [4.78, 5) is 17.4. The topological polar surface area (TPSA) is 55.3 Å². The van der Waals surface area contributed by atoms with Crippen LogP contribution < -0.4 is 4.74 Å². The maximum Gasteiger partial charge on any atom is 0.293 e. The number of aryl methyl sites for hydroxylation is 1. The number of likely N-dealkylation sites (N-methyl/N-ethyl adjacent to an activating group) is 1. The predicted octanol–water partition coefficient (Wildman–Crippen LogP) is 1.48. The third kappa shape index (κ3) is 3.44. The fourth-order valence-corrected chi connectivity index (χ4v) is 1.62. The van der Waals surface area contributed by atoms with Crippen molar-refractivity contribution < 1.29 is 9.53 Å². The molecule has 0 saturated carbocycles. The molecule has 1 aromatic rings. The van der Waals surface area contributed by atoms with Gasteiger partial charge in [0.25, 0.3) is 11.1 Å². The Morgan fingerprint density at radius 1 is 1.62 bits per heavy atom. The van der Waals surface area contributed by atoms with E-state index in [-0.39, 0.29) is 18.6 Å². The number of rotatable bonds is 5. The summed E-state index contributed by atoms with van der Waals surface area (Å²) < 4.78 is 9.23. The van der Waals surface area contributed by atoms with Crippen LogP contribution in [-0.4, -0.2) is 39.9 Å². The van der Waals surface area contributed by atoms with Gasteiger partial charge in [-0.15, -0.1) is 0 Å². The molecular weight excluding hydrogens is 226 g/mol. The van der Waals surface area contributed by atoms with Crippen molar-refractivity contribution in [2.24, 2.45) is 0 Å². The first-order valence-corrected chi connectivity index (χ1v) is 6.00. The first kappa shape index (κ1) is 12.9. The Bertz CT molecular complexity index is 354. The molecule has 0 aliphatic carbocycles. The predicted molar refractivity (Wildman–Crippen MR) is 62.7 cm³/mol. The molecule has 0 aromatic carbocycles. The van der Waals surface area contributed by atoms with Crippen molar-refractivity contribution in [2.75, 3.05) is 13.7 Å². The lowest BCUT2D eigenvalue weighted by atomic mass is 10.2. The first-order chi connectivity index (χ1) is 7.54. The second kappa shape index (κ2) is 5.79. The zero-order valence-electron chi connectivity index (χ0n) is 10.1. The van der Waals surface area contributed by atoms with E-state index in [1.807, 2.05) is 13.8 Å². The molecule has 1 unspecified atom stereocenters. The first-order valence-electron chi connectivity index (χ1n) is 5.23. The van der Waals surface area contributed by atoms with Crippen LogP contribution in [0.2, 0.25) is 0 Å². The van der Waals surface area contributed by atoms with E-state index in [0.29, 0.717) is 11.0 Å². The highest BCUT2D eigenvalue weighted by atomic mass is 32.1. The molecule has 1 rings (SSSR count). The number of carbonyl (C=O) groups is 1. The summed E-state index contributed by atoms with van der Waals surface area (Å²) in [6.45, 7) is 5.86. The van der Waals surface area contributed by atoms with Crippen molar-refractivity contribution in [3.8, 4) is 5.19 Å². The highest BCUT2D eigenvalue weighted by Gasteiger charge is 2.15. The summed E-state index contributed by atoms with van der Waals surface area (Å²) >= 11 is 1.16. The van der Waals surface area contributed by atoms with E-state index in [9.17, 15) is 4.79 Å². The van der Waals surface area contributed by atoms with Gasteiger partial charge in [0, 0.05) is 24.6 Å². The van der Waals surface area contributed by atoms with Gasteiger partial charge in [-0.2, -0.15) is 9.36 Å². The fourth-order valence-electron chi connectivity index (χ4n) is 1.08. The molecule has 16 heavy (non-hydrogen) atoms. The average Bonchev–Trinajstić information content (AvgIpc) is 2.69. The fraction of sp³-hybridized carbons (Fsp3) is 0.700. The summed E-state index contributed by atoms with van der Waals surface area (Å²) in [5.41, 5.74) is 0. The number of nitrogens with zero attached hydrogens (tertiary/aromatic N) is 3. The van der Waals surface area contributed by atoms with Gasteiger partial charge in [-0.05, 0) is 20.3 Å². The molecule has 0 radical (unpaired) electrons. The molecular formula is C10H17N3O2S. The maximum absolute atomic E-state index is 11.7. The molecule has 0 spiro atoms. The smallest absolute Gasteiger partial charge is 0.293 e. The zero-order valence-corrected chi connectivity index (χ0v) is 10.9. The standard InChI is InChI=1S/C10H17N3O2S/c1-5-7(2)13(4)9(14)6-15-10-11-8(3)12-16-10/h7H,5-6H2,1-4H3. The SMILES string of the molecule is CCC(C)N(C)C(=O)COc1nc(C)ns1. The molecule has 5 nitrogen and oxygen atoms in total. The van der Waals surface area contributed by atoms with Gasteiger partial charge in [-0.3, -0.25) is 4.79 Å². The lowest BCUT2D eigenvalue weighted by molar-refractivity contribution is -0.133. The minimum absolute atomic E-state index is 0.0233. The monoisotopic (exact) mass is 243 g/mol. The van der Waals surface area contributed by atoms with Gasteiger partial charge in [-0.1, -0.05) is 6.92 Å². The van der Waals surface area contributed by atoms with E-state index in [1.54, 1.807) is 18.9 Å². The van der Waals surface area contributed by atoms with Crippen molar-refractivity contribution in [3.63, 3.8) is 0 Å². The zero-order chi connectivity index (χ0) is 12.1. The van der Waals surface area contributed by atoms with Gasteiger partial charge in [0.2, 0.25) is 0 Å². The quantitative estimate of drug-likeness (QED) is 0.786. The summed E-state index contributed by atoms with van der Waals surface area (Å²) in [5, 5.41) is 0.448. The van der Waals surface area contributed by atoms with Crippen LogP contribution in [0.25, 0.3) is 0 Å². The van der Waals surface area contributed by atoms with Crippen molar-refractivity contribution >= 4 is 17.4 Å². The minimum Gasteiger partial charge on any atom is -0.459 e. The number of aromatic nitrogens is 2. The van der Waals surface area contributed by atoms with Gasteiger partial charge in [-0.25, -0.2) is 0 Å². The molecule has 0 N–H and O–H groups in total. The van der Waals surface area contributed by atoms with E-state index >= 15 is 0 Å². The van der Waals surface area contributed by atoms with Gasteiger partial charge in [0.1, 0.15) is 5.82 Å². The summed E-state index contributed by atoms with van der Waals surface area (Å²) in [7, 11) is 1.78. The molecule has 90 valence electrons. The molecule has 0 fully saturated rings. The Kier molecular flexibility index (Phi) is 4.67. The van der Waals surface area contributed by atoms with E-state index in [2.05, 4.69) is 9.36 Å². The highest BCUT2D eigenvalue weighted by Crippen LogP contribution is 2.13. The molecule has 0 bridgehead atoms. The van der Waals surface area contributed by atoms with Crippen LogP contribution in [0, 0.1) is 6.92 Å². The van der Waals surface area contributed by atoms with Crippen LogP contribution in [0.4, 0.5) is 0 Å². The lowest BCUT2D eigenvalue weighted by Gasteiger charge is -2.23. The highest BCUT2D eigenvalue weighted by molar-refractivity contribution is 7.07. The van der Waals surface area contributed by atoms with E-state index in [0.717, 1.165) is 18.0 Å². The number of carbonyl (C=O) groups excluding carboxylic acids is 1. The Morgan fingerprint density at radius 3 is 2.81 bits per heavy atom. The van der Waals surface area contributed by atoms with Crippen molar-refractivity contribution in [2.45, 2.75) is 33.2 Å². The van der Waals surface area contributed by atoms with Crippen molar-refractivity contribution in [1.82, 2.24) is 14.3 Å². The van der Waals surface area contributed by atoms with E-state index in [1.165, 1.54) is 0 Å². The normalized spacial score (nSPS) is 12.2. The number of hydrogen-bond donors (Lipinski definition) is 0. The maximum atomic E-state index is 11.7. The van der Waals surface area contributed by atoms with Crippen LogP contribution in [-0.2, 0) is 4.79 Å². The van der Waals surface area contributed by atoms with Crippen LogP contribution in [0.5, 0.6) is 5.19 Å². The molecule has 6 heteroatoms. The molecule has 1 atom stereocenters. The van der Waals surface area contributed by atoms with Crippen molar-refractivity contribution in [3.05, 3.63) is 5.82 Å². The van der Waals surface area contributed by atoms with Crippen LogP contribution in [0.15, 0.2) is 0 Å². The van der Waals surface area contributed by atoms with Crippen LogP contribution >= 0.6 is 11.5 Å². The second-order valence-corrected chi connectivity index (χ2v) is 4.37. The molecule has 1 amide bonds. The number of ether oxygens (including phenoxy) is 1.